The van der Waals surface area contributed by atoms with Gasteiger partial charge in [-0.3, -0.25) is 0 Å². The van der Waals surface area contributed by atoms with Crippen LogP contribution >= 0.6 is 0 Å². The van der Waals surface area contributed by atoms with Crippen LogP contribution in [-0.4, -0.2) is 6.10 Å². The molecule has 0 atom stereocenters. The molecule has 0 spiro atoms. The van der Waals surface area contributed by atoms with E-state index < -0.39 is 0 Å². The molecule has 0 heterocycles. The van der Waals surface area contributed by atoms with Gasteiger partial charge in [0, 0.05) is 5.75 Å². The third kappa shape index (κ3) is 7.33. The van der Waals surface area contributed by atoms with Crippen molar-refractivity contribution in [2.24, 2.45) is 0 Å². The van der Waals surface area contributed by atoms with Gasteiger partial charge in [-0.15, -0.1) is 12.1 Å². The van der Waals surface area contributed by atoms with E-state index in [0.717, 1.165) is 5.75 Å². The molecule has 0 aliphatic rings. The monoisotopic (exact) mass is 278 g/mol. The van der Waals surface area contributed by atoms with Crippen molar-refractivity contribution in [1.82, 2.24) is 0 Å². The Balaban J connectivity index is 0.000000280. The van der Waals surface area contributed by atoms with E-state index in [1.54, 1.807) is 0 Å². The second-order valence-electron chi connectivity index (χ2n) is 3.25. The van der Waals surface area contributed by atoms with Gasteiger partial charge in [-0.2, -0.15) is 18.2 Å². The molecule has 0 aliphatic carbocycles. The second kappa shape index (κ2) is 8.67. The maximum Gasteiger partial charge on any atom is 2.00 e. The van der Waals surface area contributed by atoms with E-state index in [4.69, 9.17) is 4.74 Å². The molecule has 2 heteroatoms. The molecule has 0 aliphatic heterocycles. The summed E-state index contributed by atoms with van der Waals surface area (Å²) in [6.07, 6.45) is 0.285. The quantitative estimate of drug-likeness (QED) is 0.763. The summed E-state index contributed by atoms with van der Waals surface area (Å²) in [7, 11) is 0. The smallest absolute Gasteiger partial charge is 0.549 e. The fourth-order valence-corrected chi connectivity index (χ4v) is 1.03. The summed E-state index contributed by atoms with van der Waals surface area (Å²) in [6.45, 7) is 4.04. The number of hydrogen-bond acceptors (Lipinski definition) is 1. The molecule has 78 valence electrons. The van der Waals surface area contributed by atoms with Crippen molar-refractivity contribution in [3.63, 3.8) is 0 Å². The molecule has 1 nitrogen and oxygen atoms in total. The predicted molar refractivity (Wildman–Crippen MR) is 59.8 cm³/mol. The Labute approximate surface area is 111 Å². The van der Waals surface area contributed by atoms with Crippen molar-refractivity contribution in [3.8, 4) is 5.75 Å². The van der Waals surface area contributed by atoms with Gasteiger partial charge in [0.1, 0.15) is 0 Å². The van der Waals surface area contributed by atoms with Crippen molar-refractivity contribution in [1.29, 1.82) is 0 Å². The molecule has 0 bridgehead atoms. The molecule has 0 saturated carbocycles. The summed E-state index contributed by atoms with van der Waals surface area (Å²) in [5, 5.41) is 0. The molecule has 0 aromatic heterocycles. The van der Waals surface area contributed by atoms with Gasteiger partial charge in [0.05, 0.1) is 6.10 Å². The van der Waals surface area contributed by atoms with Crippen molar-refractivity contribution in [2.45, 2.75) is 20.0 Å². The van der Waals surface area contributed by atoms with E-state index in [1.165, 1.54) is 0 Å². The first-order chi connectivity index (χ1) is 6.79. The first-order valence-electron chi connectivity index (χ1n) is 4.84. The van der Waals surface area contributed by atoms with Crippen LogP contribution in [0.4, 0.5) is 0 Å². The minimum atomic E-state index is 0. The van der Waals surface area contributed by atoms with Gasteiger partial charge >= 0.3 is 26.2 Å². The van der Waals surface area contributed by atoms with E-state index in [-0.39, 0.29) is 32.3 Å². The zero-order valence-electron chi connectivity index (χ0n) is 9.18. The minimum Gasteiger partial charge on any atom is -0.549 e. The standard InChI is InChI=1S/C8H11O.C5H5.Zr/c1-7(2)9-8-5-3-4-6-8;1-2-4-5-3-1;/h3-7H,1-2H3;1-5H;/q2*-1;+2. The van der Waals surface area contributed by atoms with Crippen LogP contribution in [0.2, 0.25) is 0 Å². The van der Waals surface area contributed by atoms with Crippen molar-refractivity contribution in [3.05, 3.63) is 54.6 Å². The fourth-order valence-electron chi connectivity index (χ4n) is 1.03. The van der Waals surface area contributed by atoms with Gasteiger partial charge in [-0.05, 0) is 13.8 Å². The number of hydrogen-bond donors (Lipinski definition) is 0. The van der Waals surface area contributed by atoms with Crippen molar-refractivity contribution in [2.75, 3.05) is 0 Å². The van der Waals surface area contributed by atoms with Crippen LogP contribution in [0.15, 0.2) is 54.6 Å². The van der Waals surface area contributed by atoms with E-state index >= 15 is 0 Å². The third-order valence-electron chi connectivity index (χ3n) is 1.56. The predicted octanol–water partition coefficient (Wildman–Crippen LogP) is 3.60. The van der Waals surface area contributed by atoms with Crippen LogP contribution in [0.3, 0.4) is 0 Å². The number of ether oxygens (including phenoxy) is 1. The van der Waals surface area contributed by atoms with Crippen LogP contribution < -0.4 is 4.74 Å². The van der Waals surface area contributed by atoms with Gasteiger partial charge in [0.15, 0.2) is 0 Å². The molecule has 0 N–H and O–H groups in total. The molecule has 0 saturated heterocycles. The topological polar surface area (TPSA) is 9.23 Å². The first-order valence-corrected chi connectivity index (χ1v) is 4.84. The summed E-state index contributed by atoms with van der Waals surface area (Å²) in [6, 6.07) is 17.9. The van der Waals surface area contributed by atoms with Crippen LogP contribution in [-0.2, 0) is 26.2 Å². The Bertz CT molecular complexity index is 278. The molecule has 0 unspecified atom stereocenters. The Hall–Kier alpha value is -0.617. The van der Waals surface area contributed by atoms with Gasteiger partial charge in [-0.1, -0.05) is 0 Å². The third-order valence-corrected chi connectivity index (χ3v) is 1.56. The summed E-state index contributed by atoms with van der Waals surface area (Å²) < 4.78 is 5.35. The second-order valence-corrected chi connectivity index (χ2v) is 3.25. The minimum absolute atomic E-state index is 0. The van der Waals surface area contributed by atoms with Crippen LogP contribution in [0.1, 0.15) is 13.8 Å². The molecule has 2 aromatic rings. The maximum atomic E-state index is 5.35. The molecule has 15 heavy (non-hydrogen) atoms. The average molecular weight is 279 g/mol. The molecule has 2 rings (SSSR count). The van der Waals surface area contributed by atoms with Crippen LogP contribution in [0.25, 0.3) is 0 Å². The molecule has 0 radical (unpaired) electrons. The number of rotatable bonds is 2. The SMILES string of the molecule is CC(C)O[c-]1cccc1.[Zr+2].c1cc[cH-]c1. The zero-order valence-corrected chi connectivity index (χ0v) is 11.6. The van der Waals surface area contributed by atoms with Crippen LogP contribution in [0, 0.1) is 0 Å². The van der Waals surface area contributed by atoms with E-state index in [0.29, 0.717) is 0 Å². The van der Waals surface area contributed by atoms with Gasteiger partial charge < -0.3 is 4.74 Å². The van der Waals surface area contributed by atoms with Gasteiger partial charge in [-0.25, -0.2) is 24.3 Å². The largest absolute Gasteiger partial charge is 2.00 e. The first kappa shape index (κ1) is 14.4. The normalized spacial score (nSPS) is 8.73. The van der Waals surface area contributed by atoms with Gasteiger partial charge in [0.25, 0.3) is 0 Å². The summed E-state index contributed by atoms with van der Waals surface area (Å²) in [5.74, 6) is 0.963. The van der Waals surface area contributed by atoms with E-state index in [1.807, 2.05) is 68.4 Å². The molecular formula is C13H16OZr. The Morgan fingerprint density at radius 3 is 1.87 bits per heavy atom. The summed E-state index contributed by atoms with van der Waals surface area (Å²) in [4.78, 5) is 0. The molecule has 0 amide bonds. The van der Waals surface area contributed by atoms with Crippen molar-refractivity contribution >= 4 is 0 Å². The summed E-state index contributed by atoms with van der Waals surface area (Å²) >= 11 is 0. The average Bonchev–Trinajstić information content (AvgIpc) is 2.75. The summed E-state index contributed by atoms with van der Waals surface area (Å²) in [5.41, 5.74) is 0. The van der Waals surface area contributed by atoms with Crippen molar-refractivity contribution < 1.29 is 30.9 Å². The Morgan fingerprint density at radius 1 is 1.00 bits per heavy atom. The van der Waals surface area contributed by atoms with E-state index in [9.17, 15) is 0 Å². The van der Waals surface area contributed by atoms with E-state index in [2.05, 4.69) is 0 Å². The Kier molecular flexibility index (Phi) is 8.32. The molecule has 2 aromatic carbocycles. The molecular weight excluding hydrogens is 263 g/mol. The van der Waals surface area contributed by atoms with Crippen LogP contribution in [0.5, 0.6) is 5.75 Å². The molecule has 0 fully saturated rings. The fraction of sp³-hybridized carbons (Fsp3) is 0.231. The maximum absolute atomic E-state index is 5.35. The zero-order chi connectivity index (χ0) is 10.2. The Morgan fingerprint density at radius 2 is 1.53 bits per heavy atom. The van der Waals surface area contributed by atoms with Gasteiger partial charge in [0.2, 0.25) is 0 Å².